The fourth-order valence-corrected chi connectivity index (χ4v) is 3.03. The Morgan fingerprint density at radius 3 is 1.56 bits per heavy atom. The Morgan fingerprint density at radius 2 is 1.31 bits per heavy atom. The van der Waals surface area contributed by atoms with Crippen molar-refractivity contribution in [3.8, 4) is 0 Å². The Hall–Kier alpha value is -0.660. The fraction of sp³-hybridized carbons (Fsp3) is 0.750. The molecule has 8 heteroatoms. The molecule has 0 bridgehead atoms. The van der Waals surface area contributed by atoms with Crippen molar-refractivity contribution in [3.05, 3.63) is 0 Å². The average molecular weight is 266 g/mol. The summed E-state index contributed by atoms with van der Waals surface area (Å²) in [6, 6.07) is 0. The lowest BCUT2D eigenvalue weighted by atomic mass is 9.76. The summed E-state index contributed by atoms with van der Waals surface area (Å²) in [5, 5.41) is -3.70. The molecule has 1 saturated carbocycles. The molecule has 0 saturated heterocycles. The summed E-state index contributed by atoms with van der Waals surface area (Å²) >= 11 is 0. The molecule has 0 aliphatic heterocycles. The second-order valence-electron chi connectivity index (χ2n) is 4.86. The van der Waals surface area contributed by atoms with Gasteiger partial charge in [0.25, 0.3) is 0 Å². The minimum atomic E-state index is -10.1. The van der Waals surface area contributed by atoms with Crippen molar-refractivity contribution < 1.29 is 29.0 Å². The minimum absolute atomic E-state index is 0.658. The molecule has 0 amide bonds. The van der Waals surface area contributed by atoms with Gasteiger partial charge in [0.15, 0.2) is 11.6 Å². The van der Waals surface area contributed by atoms with Gasteiger partial charge in [-0.25, -0.2) is 0 Å². The van der Waals surface area contributed by atoms with Crippen molar-refractivity contribution in [1.82, 2.24) is 0 Å². The van der Waals surface area contributed by atoms with Gasteiger partial charge >= 0.3 is 10.2 Å². The molecule has 0 aromatic heterocycles. The van der Waals surface area contributed by atoms with Crippen LogP contribution in [0.5, 0.6) is 0 Å². The molecule has 0 unspecified atom stereocenters. The molecular formula is C8H11F5O2S. The predicted octanol–water partition coefficient (Wildman–Crippen LogP) is 3.61. The van der Waals surface area contributed by atoms with E-state index in [-0.39, 0.29) is 0 Å². The zero-order valence-corrected chi connectivity index (χ0v) is 9.42. The van der Waals surface area contributed by atoms with Crippen LogP contribution in [0.15, 0.2) is 0 Å². The Bertz CT molecular complexity index is 348. The zero-order valence-electron chi connectivity index (χ0n) is 8.61. The van der Waals surface area contributed by atoms with Crippen LogP contribution in [-0.4, -0.2) is 16.8 Å². The summed E-state index contributed by atoms with van der Waals surface area (Å²) in [5.74, 6) is -3.44. The lowest BCUT2D eigenvalue weighted by molar-refractivity contribution is -0.133. The fourth-order valence-electron chi connectivity index (χ4n) is 1.87. The van der Waals surface area contributed by atoms with Crippen LogP contribution >= 0.6 is 10.2 Å². The summed E-state index contributed by atoms with van der Waals surface area (Å²) in [5.41, 5.74) is -0.978. The van der Waals surface area contributed by atoms with E-state index in [9.17, 15) is 29.0 Å². The molecule has 0 N–H and O–H groups in total. The Morgan fingerprint density at radius 1 is 1.00 bits per heavy atom. The van der Waals surface area contributed by atoms with Crippen molar-refractivity contribution in [2.75, 3.05) is 0 Å². The monoisotopic (exact) mass is 266 g/mol. The summed E-state index contributed by atoms with van der Waals surface area (Å²) in [6.45, 7) is 2.79. The number of hydrogen-bond acceptors (Lipinski definition) is 2. The smallest absolute Gasteiger partial charge is 0.298 e. The quantitative estimate of drug-likeness (QED) is 0.536. The van der Waals surface area contributed by atoms with Gasteiger partial charge in [-0.1, -0.05) is 33.3 Å². The Balaban J connectivity index is 3.22. The summed E-state index contributed by atoms with van der Waals surface area (Å²) < 4.78 is 62.1. The maximum Gasteiger partial charge on any atom is 0.301 e. The van der Waals surface area contributed by atoms with Gasteiger partial charge in [0, 0.05) is 12.8 Å². The van der Waals surface area contributed by atoms with Gasteiger partial charge in [-0.2, -0.15) is 0 Å². The highest BCUT2D eigenvalue weighted by Crippen LogP contribution is 3.00. The molecule has 2 nitrogen and oxygen atoms in total. The van der Waals surface area contributed by atoms with E-state index in [4.69, 9.17) is 0 Å². The third-order valence-electron chi connectivity index (χ3n) is 2.34. The standard InChI is InChI=1S/C8H11F5O2S/c1-8(2)3-5(14)7(6(15)4-8)16(9,10,11,12)13/h7H,3-4H2,1-2H3. The SMILES string of the molecule is CC1(C)CC(=O)C(S(F)(F)(F)(F)F)C(=O)C1. The number of hydrogen-bond donors (Lipinski definition) is 0. The molecule has 1 fully saturated rings. The van der Waals surface area contributed by atoms with E-state index >= 15 is 0 Å². The van der Waals surface area contributed by atoms with Crippen molar-refractivity contribution in [2.24, 2.45) is 5.41 Å². The normalized spacial score (nSPS) is 27.4. The molecule has 16 heavy (non-hydrogen) atoms. The van der Waals surface area contributed by atoms with Crippen molar-refractivity contribution >= 4 is 21.8 Å². The topological polar surface area (TPSA) is 34.1 Å². The van der Waals surface area contributed by atoms with Crippen molar-refractivity contribution in [1.29, 1.82) is 0 Å². The van der Waals surface area contributed by atoms with Gasteiger partial charge < -0.3 is 0 Å². The summed E-state index contributed by atoms with van der Waals surface area (Å²) in [7, 11) is -10.1. The van der Waals surface area contributed by atoms with Gasteiger partial charge in [-0.3, -0.25) is 9.59 Å². The van der Waals surface area contributed by atoms with E-state index < -0.39 is 45.3 Å². The Kier molecular flexibility index (Phi) is 2.18. The molecule has 0 spiro atoms. The molecule has 0 atom stereocenters. The van der Waals surface area contributed by atoms with Crippen LogP contribution in [-0.2, 0) is 9.59 Å². The van der Waals surface area contributed by atoms with Gasteiger partial charge in [-0.05, 0) is 5.41 Å². The van der Waals surface area contributed by atoms with Crippen LogP contribution in [0.3, 0.4) is 0 Å². The van der Waals surface area contributed by atoms with E-state index in [1.807, 2.05) is 0 Å². The number of rotatable bonds is 1. The molecule has 1 aliphatic carbocycles. The molecule has 0 radical (unpaired) electrons. The first-order valence-corrected chi connectivity index (χ1v) is 6.42. The van der Waals surface area contributed by atoms with Crippen LogP contribution in [0.2, 0.25) is 0 Å². The van der Waals surface area contributed by atoms with Crippen LogP contribution < -0.4 is 0 Å². The predicted molar refractivity (Wildman–Crippen MR) is 49.9 cm³/mol. The van der Waals surface area contributed by atoms with Gasteiger partial charge in [0.05, 0.1) is 0 Å². The summed E-state index contributed by atoms with van der Waals surface area (Å²) in [6.07, 6.45) is -1.32. The lowest BCUT2D eigenvalue weighted by Gasteiger charge is -2.48. The van der Waals surface area contributed by atoms with Crippen LogP contribution in [0.4, 0.5) is 19.4 Å². The highest BCUT2D eigenvalue weighted by atomic mass is 32.5. The average Bonchev–Trinajstić information content (AvgIpc) is 1.70. The molecule has 96 valence electrons. The highest BCUT2D eigenvalue weighted by Gasteiger charge is 2.75. The van der Waals surface area contributed by atoms with E-state index in [1.165, 1.54) is 13.8 Å². The third-order valence-corrected chi connectivity index (χ3v) is 3.75. The number of halogens is 5. The number of Topliss-reactive ketones (excluding diaryl/α,β-unsaturated/α-hetero) is 2. The largest absolute Gasteiger partial charge is 0.301 e. The molecule has 1 aliphatic rings. The number of ketones is 2. The molecule has 0 aromatic rings. The summed E-state index contributed by atoms with van der Waals surface area (Å²) in [4.78, 5) is 22.2. The van der Waals surface area contributed by atoms with Gasteiger partial charge in [0.2, 0.25) is 5.25 Å². The van der Waals surface area contributed by atoms with Crippen molar-refractivity contribution in [3.63, 3.8) is 0 Å². The first kappa shape index (κ1) is 13.4. The maximum absolute atomic E-state index is 12.4. The zero-order chi connectivity index (χ0) is 13.1. The van der Waals surface area contributed by atoms with E-state index in [0.29, 0.717) is 0 Å². The second kappa shape index (κ2) is 2.60. The van der Waals surface area contributed by atoms with E-state index in [2.05, 4.69) is 0 Å². The second-order valence-corrected chi connectivity index (χ2v) is 7.39. The van der Waals surface area contributed by atoms with Gasteiger partial charge in [-0.15, -0.1) is 0 Å². The molecular weight excluding hydrogens is 255 g/mol. The van der Waals surface area contributed by atoms with Crippen LogP contribution in [0.25, 0.3) is 0 Å². The molecule has 0 heterocycles. The van der Waals surface area contributed by atoms with Crippen molar-refractivity contribution in [2.45, 2.75) is 31.9 Å². The van der Waals surface area contributed by atoms with Crippen LogP contribution in [0, 0.1) is 5.41 Å². The third kappa shape index (κ3) is 2.72. The van der Waals surface area contributed by atoms with Gasteiger partial charge in [0.1, 0.15) is 0 Å². The maximum atomic E-state index is 12.4. The van der Waals surface area contributed by atoms with Crippen LogP contribution in [0.1, 0.15) is 26.7 Å². The first-order valence-electron chi connectivity index (χ1n) is 4.41. The first-order chi connectivity index (χ1) is 6.62. The number of carbonyl (C=O) groups is 2. The minimum Gasteiger partial charge on any atom is -0.298 e. The van der Waals surface area contributed by atoms with E-state index in [1.54, 1.807) is 0 Å². The molecule has 1 rings (SSSR count). The number of carbonyl (C=O) groups excluding carboxylic acids is 2. The van der Waals surface area contributed by atoms with E-state index in [0.717, 1.165) is 0 Å². The lowest BCUT2D eigenvalue weighted by Crippen LogP contribution is -2.47. The highest BCUT2D eigenvalue weighted by molar-refractivity contribution is 8.47. The Labute approximate surface area is 88.9 Å². The molecule has 0 aromatic carbocycles.